The van der Waals surface area contributed by atoms with Crippen molar-refractivity contribution in [1.82, 2.24) is 4.98 Å². The maximum atomic E-state index is 12.7. The average molecular weight is 363 g/mol. The summed E-state index contributed by atoms with van der Waals surface area (Å²) in [6.45, 7) is 0. The van der Waals surface area contributed by atoms with Crippen molar-refractivity contribution in [2.45, 2.75) is 25.2 Å². The van der Waals surface area contributed by atoms with Gasteiger partial charge in [-0.3, -0.25) is 9.78 Å². The van der Waals surface area contributed by atoms with Gasteiger partial charge < -0.3 is 0 Å². The molecule has 0 spiro atoms. The summed E-state index contributed by atoms with van der Waals surface area (Å²) < 4.78 is 1.10. The zero-order valence-corrected chi connectivity index (χ0v) is 12.6. The van der Waals surface area contributed by atoms with Crippen LogP contribution in [0.1, 0.15) is 40.4 Å². The minimum absolute atomic E-state index is 0.0665. The van der Waals surface area contributed by atoms with Gasteiger partial charge in [0.25, 0.3) is 0 Å². The van der Waals surface area contributed by atoms with E-state index in [-0.39, 0.29) is 11.7 Å². The van der Waals surface area contributed by atoms with Gasteiger partial charge in [-0.05, 0) is 65.6 Å². The van der Waals surface area contributed by atoms with E-state index in [2.05, 4.69) is 33.6 Å². The van der Waals surface area contributed by atoms with Gasteiger partial charge in [-0.25, -0.2) is 0 Å². The lowest BCUT2D eigenvalue weighted by atomic mass is 9.82. The highest BCUT2D eigenvalue weighted by molar-refractivity contribution is 14.1. The molecule has 1 aliphatic rings. The number of carbonyl (C=O) groups is 1. The Hall–Kier alpha value is -1.23. The minimum atomic E-state index is -0.0665. The van der Waals surface area contributed by atoms with Gasteiger partial charge in [0.15, 0.2) is 5.78 Å². The highest BCUT2D eigenvalue weighted by atomic mass is 127. The van der Waals surface area contributed by atoms with E-state index in [9.17, 15) is 4.79 Å². The van der Waals surface area contributed by atoms with Gasteiger partial charge in [0.05, 0.1) is 11.6 Å². The number of fused-ring (bicyclic) bond motifs is 1. The second-order valence-electron chi connectivity index (χ2n) is 4.87. The van der Waals surface area contributed by atoms with Crippen LogP contribution >= 0.6 is 22.6 Å². The monoisotopic (exact) mass is 363 g/mol. The van der Waals surface area contributed by atoms with Crippen molar-refractivity contribution in [1.29, 1.82) is 0 Å². The number of ketones is 1. The molecule has 2 nitrogen and oxygen atoms in total. The van der Waals surface area contributed by atoms with Crippen LogP contribution in [0.3, 0.4) is 0 Å². The molecule has 0 aliphatic heterocycles. The lowest BCUT2D eigenvalue weighted by Gasteiger charge is -2.23. The molecule has 0 N–H and O–H groups in total. The smallest absolute Gasteiger partial charge is 0.171 e. The summed E-state index contributed by atoms with van der Waals surface area (Å²) in [6.07, 6.45) is 4.81. The fourth-order valence-electron chi connectivity index (χ4n) is 2.71. The molecule has 1 heterocycles. The summed E-state index contributed by atoms with van der Waals surface area (Å²) >= 11 is 2.24. The van der Waals surface area contributed by atoms with Crippen molar-refractivity contribution in [2.75, 3.05) is 0 Å². The molecule has 1 atom stereocenters. The highest BCUT2D eigenvalue weighted by Gasteiger charge is 2.28. The maximum Gasteiger partial charge on any atom is 0.171 e. The van der Waals surface area contributed by atoms with Gasteiger partial charge in [0.2, 0.25) is 0 Å². The molecule has 3 rings (SSSR count). The van der Waals surface area contributed by atoms with Crippen LogP contribution in [0.4, 0.5) is 0 Å². The quantitative estimate of drug-likeness (QED) is 0.597. The second-order valence-corrected chi connectivity index (χ2v) is 6.11. The van der Waals surface area contributed by atoms with Crippen LogP contribution in [0.2, 0.25) is 0 Å². The van der Waals surface area contributed by atoms with Crippen LogP contribution in [-0.2, 0) is 6.42 Å². The van der Waals surface area contributed by atoms with Crippen molar-refractivity contribution in [3.63, 3.8) is 0 Å². The molecular weight excluding hydrogens is 349 g/mol. The third kappa shape index (κ3) is 2.56. The van der Waals surface area contributed by atoms with E-state index in [4.69, 9.17) is 0 Å². The Labute approximate surface area is 126 Å². The summed E-state index contributed by atoms with van der Waals surface area (Å²) in [5, 5.41) is 0. The zero-order valence-electron chi connectivity index (χ0n) is 10.5. The van der Waals surface area contributed by atoms with Gasteiger partial charge in [-0.1, -0.05) is 18.2 Å². The molecule has 1 aromatic heterocycles. The molecule has 2 aromatic rings. The van der Waals surface area contributed by atoms with Gasteiger partial charge >= 0.3 is 0 Å². The van der Waals surface area contributed by atoms with Crippen LogP contribution in [-0.4, -0.2) is 10.8 Å². The van der Waals surface area contributed by atoms with Crippen LogP contribution in [0, 0.1) is 3.57 Å². The van der Waals surface area contributed by atoms with Gasteiger partial charge in [0.1, 0.15) is 0 Å². The Balaban J connectivity index is 1.98. The lowest BCUT2D eigenvalue weighted by Crippen LogP contribution is -2.20. The number of hydrogen-bond donors (Lipinski definition) is 0. The molecule has 19 heavy (non-hydrogen) atoms. The molecule has 96 valence electrons. The molecule has 0 saturated heterocycles. The number of rotatable bonds is 2. The predicted octanol–water partition coefficient (Wildman–Crippen LogP) is 3.99. The number of pyridine rings is 1. The van der Waals surface area contributed by atoms with E-state index < -0.39 is 0 Å². The van der Waals surface area contributed by atoms with E-state index in [0.717, 1.165) is 34.1 Å². The first-order chi connectivity index (χ1) is 9.25. The molecule has 0 fully saturated rings. The lowest BCUT2D eigenvalue weighted by molar-refractivity contribution is 0.0949. The van der Waals surface area contributed by atoms with Crippen LogP contribution < -0.4 is 0 Å². The SMILES string of the molecule is O=C(c1cccc(I)c1)C1CCCc2cccnc21. The second kappa shape index (κ2) is 5.41. The van der Waals surface area contributed by atoms with Gasteiger partial charge in [-0.2, -0.15) is 0 Å². The van der Waals surface area contributed by atoms with Gasteiger partial charge in [0, 0.05) is 15.3 Å². The number of Topliss-reactive ketones (excluding diaryl/α,β-unsaturated/α-hetero) is 1. The fraction of sp³-hybridized carbons (Fsp3) is 0.250. The fourth-order valence-corrected chi connectivity index (χ4v) is 3.25. The molecule has 0 saturated carbocycles. The number of aromatic nitrogens is 1. The van der Waals surface area contributed by atoms with E-state index in [1.54, 1.807) is 6.20 Å². The van der Waals surface area contributed by atoms with E-state index >= 15 is 0 Å². The standard InChI is InChI=1S/C16H14INO/c17-13-7-1-5-12(10-13)16(19)14-8-2-4-11-6-3-9-18-15(11)14/h1,3,5-7,9-10,14H,2,4,8H2. The molecule has 1 aliphatic carbocycles. The molecule has 0 bridgehead atoms. The van der Waals surface area contributed by atoms with Crippen molar-refractivity contribution in [3.8, 4) is 0 Å². The molecular formula is C16H14INO. The number of carbonyl (C=O) groups excluding carboxylic acids is 1. The zero-order chi connectivity index (χ0) is 13.2. The first-order valence-electron chi connectivity index (χ1n) is 6.49. The molecule has 0 amide bonds. The van der Waals surface area contributed by atoms with Crippen LogP contribution in [0.5, 0.6) is 0 Å². The van der Waals surface area contributed by atoms with Crippen molar-refractivity contribution in [3.05, 3.63) is 63.0 Å². The Kier molecular flexibility index (Phi) is 3.64. The average Bonchev–Trinajstić information content (AvgIpc) is 2.46. The van der Waals surface area contributed by atoms with Crippen LogP contribution in [0.25, 0.3) is 0 Å². The van der Waals surface area contributed by atoms with Crippen molar-refractivity contribution in [2.24, 2.45) is 0 Å². The Morgan fingerprint density at radius 1 is 1.26 bits per heavy atom. The number of nitrogens with zero attached hydrogens (tertiary/aromatic N) is 1. The van der Waals surface area contributed by atoms with Crippen LogP contribution in [0.15, 0.2) is 42.6 Å². The molecule has 0 radical (unpaired) electrons. The normalized spacial score (nSPS) is 17.8. The van der Waals surface area contributed by atoms with Crippen molar-refractivity contribution >= 4 is 28.4 Å². The summed E-state index contributed by atoms with van der Waals surface area (Å²) in [6, 6.07) is 11.9. The molecule has 1 aromatic carbocycles. The highest BCUT2D eigenvalue weighted by Crippen LogP contribution is 2.32. The van der Waals surface area contributed by atoms with E-state index in [1.165, 1.54) is 5.56 Å². The number of halogens is 1. The summed E-state index contributed by atoms with van der Waals surface area (Å²) in [7, 11) is 0. The number of benzene rings is 1. The summed E-state index contributed by atoms with van der Waals surface area (Å²) in [4.78, 5) is 17.1. The number of aryl methyl sites for hydroxylation is 1. The topological polar surface area (TPSA) is 30.0 Å². The first kappa shape index (κ1) is 12.8. The molecule has 3 heteroatoms. The first-order valence-corrected chi connectivity index (χ1v) is 7.57. The Morgan fingerprint density at radius 3 is 3.00 bits per heavy atom. The third-order valence-corrected chi connectivity index (χ3v) is 4.29. The largest absolute Gasteiger partial charge is 0.293 e. The summed E-state index contributed by atoms with van der Waals surface area (Å²) in [5.41, 5.74) is 3.02. The molecule has 1 unspecified atom stereocenters. The predicted molar refractivity (Wildman–Crippen MR) is 83.4 cm³/mol. The van der Waals surface area contributed by atoms with Gasteiger partial charge in [-0.15, -0.1) is 0 Å². The van der Waals surface area contributed by atoms with E-state index in [1.807, 2.05) is 30.3 Å². The maximum absolute atomic E-state index is 12.7. The number of hydrogen-bond acceptors (Lipinski definition) is 2. The minimum Gasteiger partial charge on any atom is -0.293 e. The Morgan fingerprint density at radius 2 is 2.16 bits per heavy atom. The summed E-state index contributed by atoms with van der Waals surface area (Å²) in [5.74, 6) is 0.140. The third-order valence-electron chi connectivity index (χ3n) is 3.62. The Bertz CT molecular complexity index is 624. The van der Waals surface area contributed by atoms with E-state index in [0.29, 0.717) is 0 Å². The van der Waals surface area contributed by atoms with Crippen molar-refractivity contribution < 1.29 is 4.79 Å².